The molecule has 2 rings (SSSR count). The van der Waals surface area contributed by atoms with Gasteiger partial charge in [0.1, 0.15) is 5.82 Å². The number of methoxy groups -OCH3 is 1. The third-order valence-electron chi connectivity index (χ3n) is 4.35. The van der Waals surface area contributed by atoms with E-state index in [0.717, 1.165) is 31.2 Å². The second kappa shape index (κ2) is 6.89. The van der Waals surface area contributed by atoms with Gasteiger partial charge in [0.15, 0.2) is 0 Å². The average molecular weight is 294 g/mol. The number of rotatable bonds is 4. The highest BCUT2D eigenvalue weighted by Crippen LogP contribution is 2.28. The summed E-state index contributed by atoms with van der Waals surface area (Å²) in [5.41, 5.74) is 6.58. The molecule has 1 aliphatic carbocycles. The van der Waals surface area contributed by atoms with Crippen LogP contribution in [0.15, 0.2) is 18.2 Å². The van der Waals surface area contributed by atoms with Crippen LogP contribution in [-0.4, -0.2) is 31.1 Å². The zero-order valence-electron chi connectivity index (χ0n) is 12.6. The Labute approximate surface area is 125 Å². The van der Waals surface area contributed by atoms with E-state index in [1.165, 1.54) is 13.2 Å². The number of carbonyl (C=O) groups excluding carboxylic acids is 1. The summed E-state index contributed by atoms with van der Waals surface area (Å²) in [6, 6.07) is 5.37. The molecule has 0 unspecified atom stereocenters. The summed E-state index contributed by atoms with van der Waals surface area (Å²) >= 11 is 0. The van der Waals surface area contributed by atoms with Crippen molar-refractivity contribution in [1.82, 2.24) is 4.90 Å². The molecule has 0 aromatic heterocycles. The molecule has 0 atom stereocenters. The first kappa shape index (κ1) is 15.8. The van der Waals surface area contributed by atoms with Gasteiger partial charge in [0.25, 0.3) is 0 Å². The topological polar surface area (TPSA) is 55.6 Å². The SMILES string of the molecule is COC(=O)C1CCC(N(C)Cc2ccc(N)c(F)c2)CC1. The summed E-state index contributed by atoms with van der Waals surface area (Å²) in [5.74, 6) is -0.430. The van der Waals surface area contributed by atoms with Crippen LogP contribution in [0, 0.1) is 11.7 Å². The molecule has 1 fully saturated rings. The summed E-state index contributed by atoms with van der Waals surface area (Å²) in [4.78, 5) is 13.7. The first-order valence-electron chi connectivity index (χ1n) is 7.33. The number of ether oxygens (including phenoxy) is 1. The van der Waals surface area contributed by atoms with Crippen LogP contribution >= 0.6 is 0 Å². The van der Waals surface area contributed by atoms with Crippen LogP contribution in [0.25, 0.3) is 0 Å². The molecule has 0 radical (unpaired) electrons. The van der Waals surface area contributed by atoms with E-state index in [1.54, 1.807) is 6.07 Å². The first-order valence-corrected chi connectivity index (χ1v) is 7.33. The van der Waals surface area contributed by atoms with E-state index in [9.17, 15) is 9.18 Å². The van der Waals surface area contributed by atoms with Gasteiger partial charge in [-0.25, -0.2) is 4.39 Å². The number of nitrogens with two attached hydrogens (primary N) is 1. The van der Waals surface area contributed by atoms with Gasteiger partial charge < -0.3 is 10.5 Å². The number of halogens is 1. The monoisotopic (exact) mass is 294 g/mol. The van der Waals surface area contributed by atoms with Crippen LogP contribution in [0.4, 0.5) is 10.1 Å². The predicted octanol–water partition coefficient (Wildman–Crippen LogP) is 2.57. The third kappa shape index (κ3) is 3.94. The fraction of sp³-hybridized carbons (Fsp3) is 0.562. The molecule has 1 saturated carbocycles. The molecule has 0 saturated heterocycles. The molecule has 1 aromatic carbocycles. The lowest BCUT2D eigenvalue weighted by Gasteiger charge is -2.33. The summed E-state index contributed by atoms with van der Waals surface area (Å²) in [6.45, 7) is 0.685. The van der Waals surface area contributed by atoms with Crippen LogP contribution in [0.2, 0.25) is 0 Å². The van der Waals surface area contributed by atoms with Gasteiger partial charge in [-0.1, -0.05) is 6.07 Å². The van der Waals surface area contributed by atoms with Crippen molar-refractivity contribution in [2.24, 2.45) is 5.92 Å². The maximum atomic E-state index is 13.5. The molecular weight excluding hydrogens is 271 g/mol. The van der Waals surface area contributed by atoms with E-state index in [1.807, 2.05) is 13.1 Å². The number of carbonyl (C=O) groups is 1. The van der Waals surface area contributed by atoms with Crippen molar-refractivity contribution in [2.45, 2.75) is 38.3 Å². The Bertz CT molecular complexity index is 499. The molecule has 116 valence electrons. The molecule has 5 heteroatoms. The average Bonchev–Trinajstić information content (AvgIpc) is 2.50. The molecule has 1 aliphatic rings. The molecule has 0 spiro atoms. The highest BCUT2D eigenvalue weighted by molar-refractivity contribution is 5.72. The van der Waals surface area contributed by atoms with Gasteiger partial charge in [-0.2, -0.15) is 0 Å². The highest BCUT2D eigenvalue weighted by Gasteiger charge is 2.28. The van der Waals surface area contributed by atoms with Gasteiger partial charge in [-0.3, -0.25) is 9.69 Å². The molecule has 0 bridgehead atoms. The number of hydrogen-bond acceptors (Lipinski definition) is 4. The maximum Gasteiger partial charge on any atom is 0.308 e. The fourth-order valence-electron chi connectivity index (χ4n) is 3.01. The molecule has 0 heterocycles. The number of anilines is 1. The van der Waals surface area contributed by atoms with E-state index in [-0.39, 0.29) is 23.4 Å². The van der Waals surface area contributed by atoms with Crippen molar-refractivity contribution in [2.75, 3.05) is 19.9 Å². The lowest BCUT2D eigenvalue weighted by atomic mass is 9.85. The second-order valence-electron chi connectivity index (χ2n) is 5.80. The predicted molar refractivity (Wildman–Crippen MR) is 80.0 cm³/mol. The number of esters is 1. The minimum absolute atomic E-state index is 0.0358. The second-order valence-corrected chi connectivity index (χ2v) is 5.80. The number of benzene rings is 1. The molecule has 0 aliphatic heterocycles. The third-order valence-corrected chi connectivity index (χ3v) is 4.35. The van der Waals surface area contributed by atoms with Crippen molar-refractivity contribution in [3.63, 3.8) is 0 Å². The maximum absolute atomic E-state index is 13.5. The largest absolute Gasteiger partial charge is 0.469 e. The van der Waals surface area contributed by atoms with E-state index in [0.29, 0.717) is 12.6 Å². The Morgan fingerprint density at radius 2 is 2.05 bits per heavy atom. The standard InChI is InChI=1S/C16H23FN2O2/c1-19(10-11-3-8-15(18)14(17)9-11)13-6-4-12(5-7-13)16(20)21-2/h3,8-9,12-13H,4-7,10,18H2,1-2H3. The number of hydrogen-bond donors (Lipinski definition) is 1. The molecule has 21 heavy (non-hydrogen) atoms. The van der Waals surface area contributed by atoms with Crippen LogP contribution in [-0.2, 0) is 16.1 Å². The summed E-state index contributed by atoms with van der Waals surface area (Å²) in [5, 5.41) is 0. The van der Waals surface area contributed by atoms with E-state index >= 15 is 0 Å². The van der Waals surface area contributed by atoms with Crippen LogP contribution in [0.3, 0.4) is 0 Å². The normalized spacial score (nSPS) is 22.3. The van der Waals surface area contributed by atoms with Crippen molar-refractivity contribution < 1.29 is 13.9 Å². The van der Waals surface area contributed by atoms with E-state index in [4.69, 9.17) is 10.5 Å². The first-order chi connectivity index (χ1) is 10.0. The zero-order chi connectivity index (χ0) is 15.4. The minimum Gasteiger partial charge on any atom is -0.469 e. The van der Waals surface area contributed by atoms with Crippen LogP contribution in [0.1, 0.15) is 31.2 Å². The van der Waals surface area contributed by atoms with Crippen LogP contribution < -0.4 is 5.73 Å². The van der Waals surface area contributed by atoms with Crippen molar-refractivity contribution in [1.29, 1.82) is 0 Å². The lowest BCUT2D eigenvalue weighted by Crippen LogP contribution is -2.36. The van der Waals surface area contributed by atoms with Crippen LogP contribution in [0.5, 0.6) is 0 Å². The van der Waals surface area contributed by atoms with E-state index < -0.39 is 0 Å². The van der Waals surface area contributed by atoms with E-state index in [2.05, 4.69) is 4.90 Å². The fourth-order valence-corrected chi connectivity index (χ4v) is 3.01. The smallest absolute Gasteiger partial charge is 0.308 e. The molecule has 4 nitrogen and oxygen atoms in total. The lowest BCUT2D eigenvalue weighted by molar-refractivity contribution is -0.146. The van der Waals surface area contributed by atoms with Crippen molar-refractivity contribution in [3.8, 4) is 0 Å². The Hall–Kier alpha value is -1.62. The Morgan fingerprint density at radius 1 is 1.38 bits per heavy atom. The zero-order valence-corrected chi connectivity index (χ0v) is 12.6. The molecule has 1 aromatic rings. The van der Waals surface area contributed by atoms with Gasteiger partial charge in [-0.05, 0) is 50.4 Å². The van der Waals surface area contributed by atoms with Gasteiger partial charge >= 0.3 is 5.97 Å². The number of nitrogen functional groups attached to an aromatic ring is 1. The summed E-state index contributed by atoms with van der Waals surface area (Å²) < 4.78 is 18.3. The van der Waals surface area contributed by atoms with Crippen molar-refractivity contribution >= 4 is 11.7 Å². The minimum atomic E-state index is -0.365. The van der Waals surface area contributed by atoms with Gasteiger partial charge in [0.05, 0.1) is 18.7 Å². The van der Waals surface area contributed by atoms with Crippen molar-refractivity contribution in [3.05, 3.63) is 29.6 Å². The van der Waals surface area contributed by atoms with Gasteiger partial charge in [-0.15, -0.1) is 0 Å². The highest BCUT2D eigenvalue weighted by atomic mass is 19.1. The quantitative estimate of drug-likeness (QED) is 0.685. The molecular formula is C16H23FN2O2. The summed E-state index contributed by atoms with van der Waals surface area (Å²) in [7, 11) is 3.48. The Morgan fingerprint density at radius 3 is 2.62 bits per heavy atom. The molecule has 0 amide bonds. The Balaban J connectivity index is 1.88. The Kier molecular flexibility index (Phi) is 5.17. The summed E-state index contributed by atoms with van der Waals surface area (Å²) in [6.07, 6.45) is 3.65. The molecule has 2 N–H and O–H groups in total. The van der Waals surface area contributed by atoms with Gasteiger partial charge in [0, 0.05) is 12.6 Å². The van der Waals surface area contributed by atoms with Gasteiger partial charge in [0.2, 0.25) is 0 Å². The number of nitrogens with zero attached hydrogens (tertiary/aromatic N) is 1.